The molecule has 1 fully saturated rings. The van der Waals surface area contributed by atoms with Crippen LogP contribution in [0.25, 0.3) is 0 Å². The Bertz CT molecular complexity index is 295. The number of hydrogen-bond donors (Lipinski definition) is 1. The second-order valence-electron chi connectivity index (χ2n) is 3.83. The Labute approximate surface area is 99.7 Å². The van der Waals surface area contributed by atoms with Gasteiger partial charge in [-0.2, -0.15) is 11.8 Å². The molecule has 2 rings (SSSR count). The van der Waals surface area contributed by atoms with Crippen molar-refractivity contribution in [2.75, 3.05) is 5.75 Å². The van der Waals surface area contributed by atoms with Gasteiger partial charge in [0, 0.05) is 11.4 Å². The first-order valence-corrected chi connectivity index (χ1v) is 7.51. The molecule has 1 aliphatic heterocycles. The minimum absolute atomic E-state index is 0.648. The van der Waals surface area contributed by atoms with Gasteiger partial charge >= 0.3 is 0 Å². The topological polar surface area (TPSA) is 38.9 Å². The van der Waals surface area contributed by atoms with E-state index in [1.165, 1.54) is 40.6 Å². The van der Waals surface area contributed by atoms with Crippen molar-refractivity contribution in [3.05, 3.63) is 15.6 Å². The summed E-state index contributed by atoms with van der Waals surface area (Å²) in [6, 6.07) is 0. The summed E-state index contributed by atoms with van der Waals surface area (Å²) < 4.78 is 0. The summed E-state index contributed by atoms with van der Waals surface area (Å²) in [7, 11) is 0. The highest BCUT2D eigenvalue weighted by Crippen LogP contribution is 2.40. The molecular formula is C11H18N2S2. The summed E-state index contributed by atoms with van der Waals surface area (Å²) in [4.78, 5) is 6.03. The van der Waals surface area contributed by atoms with E-state index < -0.39 is 0 Å². The fraction of sp³-hybridized carbons (Fsp3) is 0.727. The Morgan fingerprint density at radius 3 is 2.87 bits per heavy atom. The maximum Gasteiger partial charge on any atom is 0.106 e. The number of aryl methyl sites for hydroxylation is 1. The highest BCUT2D eigenvalue weighted by Gasteiger charge is 2.20. The van der Waals surface area contributed by atoms with Crippen LogP contribution in [-0.2, 0) is 13.0 Å². The quantitative estimate of drug-likeness (QED) is 0.885. The zero-order valence-electron chi connectivity index (χ0n) is 9.16. The minimum Gasteiger partial charge on any atom is -0.326 e. The van der Waals surface area contributed by atoms with E-state index in [-0.39, 0.29) is 0 Å². The molecular weight excluding hydrogens is 224 g/mol. The van der Waals surface area contributed by atoms with Crippen LogP contribution < -0.4 is 5.73 Å². The maximum atomic E-state index is 5.73. The molecule has 2 nitrogen and oxygen atoms in total. The largest absolute Gasteiger partial charge is 0.326 e. The molecule has 1 unspecified atom stereocenters. The summed E-state index contributed by atoms with van der Waals surface area (Å²) in [5.74, 6) is 1.30. The van der Waals surface area contributed by atoms with Gasteiger partial charge in [0.15, 0.2) is 0 Å². The second kappa shape index (κ2) is 5.32. The number of nitrogens with two attached hydrogens (primary N) is 1. The van der Waals surface area contributed by atoms with Crippen LogP contribution in [0.2, 0.25) is 0 Å². The van der Waals surface area contributed by atoms with Crippen LogP contribution in [-0.4, -0.2) is 10.7 Å². The molecule has 0 saturated carbocycles. The molecule has 0 aliphatic carbocycles. The Kier molecular flexibility index (Phi) is 4.05. The van der Waals surface area contributed by atoms with Gasteiger partial charge in [0.25, 0.3) is 0 Å². The van der Waals surface area contributed by atoms with Crippen LogP contribution in [0.15, 0.2) is 0 Å². The zero-order valence-corrected chi connectivity index (χ0v) is 10.8. The van der Waals surface area contributed by atoms with Crippen molar-refractivity contribution in [2.24, 2.45) is 5.73 Å². The predicted octanol–water partition coefficient (Wildman–Crippen LogP) is 3.12. The fourth-order valence-corrected chi connectivity index (χ4v) is 4.49. The number of thiazole rings is 1. The van der Waals surface area contributed by atoms with Crippen LogP contribution in [0.3, 0.4) is 0 Å². The van der Waals surface area contributed by atoms with Gasteiger partial charge < -0.3 is 5.73 Å². The highest BCUT2D eigenvalue weighted by molar-refractivity contribution is 7.99. The lowest BCUT2D eigenvalue weighted by atomic mass is 10.2. The van der Waals surface area contributed by atoms with Gasteiger partial charge in [-0.1, -0.05) is 13.3 Å². The first-order chi connectivity index (χ1) is 7.35. The molecule has 2 heterocycles. The first kappa shape index (κ1) is 11.4. The summed E-state index contributed by atoms with van der Waals surface area (Å²) >= 11 is 3.90. The molecule has 0 amide bonds. The molecule has 1 aromatic rings. The molecule has 4 heteroatoms. The van der Waals surface area contributed by atoms with Gasteiger partial charge in [-0.05, 0) is 25.0 Å². The van der Waals surface area contributed by atoms with Crippen LogP contribution in [0.5, 0.6) is 0 Å². The number of hydrogen-bond acceptors (Lipinski definition) is 4. The van der Waals surface area contributed by atoms with Crippen molar-refractivity contribution in [1.82, 2.24) is 4.98 Å². The fourth-order valence-electron chi connectivity index (χ4n) is 1.91. The van der Waals surface area contributed by atoms with Crippen molar-refractivity contribution >= 4 is 23.1 Å². The van der Waals surface area contributed by atoms with Gasteiger partial charge in [0.1, 0.15) is 5.01 Å². The molecule has 2 N–H and O–H groups in total. The van der Waals surface area contributed by atoms with Crippen molar-refractivity contribution in [3.63, 3.8) is 0 Å². The third-order valence-electron chi connectivity index (χ3n) is 2.77. The average molecular weight is 242 g/mol. The van der Waals surface area contributed by atoms with E-state index in [4.69, 9.17) is 10.7 Å². The van der Waals surface area contributed by atoms with Gasteiger partial charge in [-0.15, -0.1) is 11.3 Å². The van der Waals surface area contributed by atoms with Gasteiger partial charge in [-0.25, -0.2) is 4.98 Å². The lowest BCUT2D eigenvalue weighted by Crippen LogP contribution is -2.01. The van der Waals surface area contributed by atoms with Gasteiger partial charge in [0.05, 0.1) is 10.9 Å². The standard InChI is InChI=1S/C11H18N2S2/c1-2-8-10(7-12)15-11(13-8)9-5-3-4-6-14-9/h9H,2-7,12H2,1H3. The molecule has 15 heavy (non-hydrogen) atoms. The van der Waals surface area contributed by atoms with Crippen molar-refractivity contribution in [2.45, 2.75) is 44.4 Å². The van der Waals surface area contributed by atoms with Crippen LogP contribution >= 0.6 is 23.1 Å². The molecule has 1 saturated heterocycles. The third kappa shape index (κ3) is 2.55. The maximum absolute atomic E-state index is 5.73. The monoisotopic (exact) mass is 242 g/mol. The lowest BCUT2D eigenvalue weighted by Gasteiger charge is -2.18. The number of rotatable bonds is 3. The molecule has 1 atom stereocenters. The molecule has 1 aliphatic rings. The molecule has 0 aromatic carbocycles. The number of thioether (sulfide) groups is 1. The van der Waals surface area contributed by atoms with E-state index >= 15 is 0 Å². The second-order valence-corrected chi connectivity index (χ2v) is 6.26. The smallest absolute Gasteiger partial charge is 0.106 e. The Morgan fingerprint density at radius 1 is 1.47 bits per heavy atom. The minimum atomic E-state index is 0.648. The Hall–Kier alpha value is -0.0600. The molecule has 0 spiro atoms. The van der Waals surface area contributed by atoms with E-state index in [2.05, 4.69) is 18.7 Å². The molecule has 0 bridgehead atoms. The Balaban J connectivity index is 2.16. The van der Waals surface area contributed by atoms with Crippen molar-refractivity contribution < 1.29 is 0 Å². The summed E-state index contributed by atoms with van der Waals surface area (Å²) in [6.45, 7) is 2.81. The number of aromatic nitrogens is 1. The predicted molar refractivity (Wildman–Crippen MR) is 68.4 cm³/mol. The van der Waals surface area contributed by atoms with Gasteiger partial charge in [0.2, 0.25) is 0 Å². The SMILES string of the molecule is CCc1nc(C2CCCCS2)sc1CN. The van der Waals surface area contributed by atoms with Crippen molar-refractivity contribution in [1.29, 1.82) is 0 Å². The van der Waals surface area contributed by atoms with E-state index in [0.29, 0.717) is 11.8 Å². The highest BCUT2D eigenvalue weighted by atomic mass is 32.2. The summed E-state index contributed by atoms with van der Waals surface area (Å²) in [5, 5.41) is 1.96. The molecule has 84 valence electrons. The Morgan fingerprint density at radius 2 is 2.33 bits per heavy atom. The van der Waals surface area contributed by atoms with Crippen molar-refractivity contribution in [3.8, 4) is 0 Å². The number of nitrogens with zero attached hydrogens (tertiary/aromatic N) is 1. The van der Waals surface area contributed by atoms with E-state index in [1.807, 2.05) is 11.3 Å². The van der Waals surface area contributed by atoms with Gasteiger partial charge in [-0.3, -0.25) is 0 Å². The summed E-state index contributed by atoms with van der Waals surface area (Å²) in [6.07, 6.45) is 5.04. The summed E-state index contributed by atoms with van der Waals surface area (Å²) in [5.41, 5.74) is 6.96. The average Bonchev–Trinajstić information content (AvgIpc) is 2.73. The van der Waals surface area contributed by atoms with Crippen LogP contribution in [0.4, 0.5) is 0 Å². The third-order valence-corrected chi connectivity index (χ3v) is 5.54. The van der Waals surface area contributed by atoms with Crippen LogP contribution in [0.1, 0.15) is 47.0 Å². The van der Waals surface area contributed by atoms with E-state index in [9.17, 15) is 0 Å². The van der Waals surface area contributed by atoms with E-state index in [0.717, 1.165) is 6.42 Å². The van der Waals surface area contributed by atoms with Crippen LogP contribution in [0, 0.1) is 0 Å². The molecule has 1 aromatic heterocycles. The first-order valence-electron chi connectivity index (χ1n) is 5.65. The lowest BCUT2D eigenvalue weighted by molar-refractivity contribution is 0.682. The molecule has 0 radical (unpaired) electrons. The zero-order chi connectivity index (χ0) is 10.7. The normalized spacial score (nSPS) is 21.9. The van der Waals surface area contributed by atoms with E-state index in [1.54, 1.807) is 0 Å².